The number of carbonyl (C=O) groups excluding carboxylic acids is 2. The molecule has 36 heavy (non-hydrogen) atoms. The zero-order chi connectivity index (χ0) is 27.2. The molecule has 0 aliphatic heterocycles. The molecule has 0 unspecified atom stereocenters. The molecule has 0 radical (unpaired) electrons. The Hall–Kier alpha value is -1.63. The minimum atomic E-state index is -1.08. The van der Waals surface area contributed by atoms with Gasteiger partial charge in [-0.05, 0) is 31.6 Å². The van der Waals surface area contributed by atoms with Gasteiger partial charge in [-0.1, -0.05) is 105 Å². The second kappa shape index (κ2) is 22.6. The third-order valence-corrected chi connectivity index (χ3v) is 6.83. The summed E-state index contributed by atoms with van der Waals surface area (Å²) in [7, 11) is 0. The maximum atomic E-state index is 12.8. The van der Waals surface area contributed by atoms with Crippen molar-refractivity contribution in [2.75, 3.05) is 0 Å². The average Bonchev–Trinajstić information content (AvgIpc) is 2.81. The second-order valence-electron chi connectivity index (χ2n) is 10.7. The largest absolute Gasteiger partial charge is 0.481 e. The van der Waals surface area contributed by atoms with Crippen LogP contribution in [0.15, 0.2) is 0 Å². The molecule has 0 heterocycles. The Kier molecular flexibility index (Phi) is 21.5. The van der Waals surface area contributed by atoms with Crippen molar-refractivity contribution >= 4 is 18.3 Å². The third kappa shape index (κ3) is 17.7. The van der Waals surface area contributed by atoms with Crippen LogP contribution < -0.4 is 5.32 Å². The molecular weight excluding hydrogens is 458 g/mol. The number of carboxylic acids is 1. The highest BCUT2D eigenvalue weighted by molar-refractivity contribution is 5.78. The van der Waals surface area contributed by atoms with Crippen LogP contribution in [0.4, 0.5) is 0 Å². The van der Waals surface area contributed by atoms with Crippen molar-refractivity contribution in [1.82, 2.24) is 5.32 Å². The van der Waals surface area contributed by atoms with Crippen LogP contribution in [0.5, 0.6) is 0 Å². The molecule has 0 aromatic rings. The standard InChI is InChI=1S/C29H55NO6/c1-5-7-9-11-12-13-14-15-16-18-24(36-29(35)26(30-22-31)20-23(3)4)21-27(32)25(28(33)34)19-17-10-8-6-2/h22-27,32H,5-21H2,1-4H3,(H,30,31)(H,33,34)/t24-,25-,26-,27-/m1/s1. The van der Waals surface area contributed by atoms with Crippen molar-refractivity contribution in [2.45, 2.75) is 155 Å². The van der Waals surface area contributed by atoms with Crippen molar-refractivity contribution < 1.29 is 29.3 Å². The van der Waals surface area contributed by atoms with E-state index >= 15 is 0 Å². The summed E-state index contributed by atoms with van der Waals surface area (Å²) in [6, 6.07) is -0.741. The Labute approximate surface area is 220 Å². The fraction of sp³-hybridized carbons (Fsp3) is 0.897. The Morgan fingerprint density at radius 1 is 0.806 bits per heavy atom. The highest BCUT2D eigenvalue weighted by Crippen LogP contribution is 2.23. The molecule has 212 valence electrons. The van der Waals surface area contributed by atoms with Gasteiger partial charge in [-0.25, -0.2) is 4.79 Å². The van der Waals surface area contributed by atoms with Gasteiger partial charge in [0.1, 0.15) is 12.1 Å². The number of ether oxygens (including phenoxy) is 1. The number of rotatable bonds is 25. The number of unbranched alkanes of at least 4 members (excludes halogenated alkanes) is 11. The molecule has 0 saturated heterocycles. The van der Waals surface area contributed by atoms with Crippen LogP contribution in [0.25, 0.3) is 0 Å². The number of aliphatic carboxylic acids is 1. The van der Waals surface area contributed by atoms with Crippen LogP contribution >= 0.6 is 0 Å². The quantitative estimate of drug-likeness (QED) is 0.0739. The lowest BCUT2D eigenvalue weighted by atomic mass is 9.90. The van der Waals surface area contributed by atoms with E-state index in [1.807, 2.05) is 13.8 Å². The van der Waals surface area contributed by atoms with Gasteiger partial charge in [-0.2, -0.15) is 0 Å². The van der Waals surface area contributed by atoms with Gasteiger partial charge in [0.25, 0.3) is 0 Å². The Bertz CT molecular complexity index is 568. The third-order valence-electron chi connectivity index (χ3n) is 6.83. The number of esters is 1. The molecule has 0 aromatic heterocycles. The van der Waals surface area contributed by atoms with Gasteiger partial charge in [0.2, 0.25) is 6.41 Å². The number of hydrogen-bond acceptors (Lipinski definition) is 5. The highest BCUT2D eigenvalue weighted by atomic mass is 16.5. The van der Waals surface area contributed by atoms with E-state index in [4.69, 9.17) is 4.74 Å². The van der Waals surface area contributed by atoms with Crippen molar-refractivity contribution in [3.05, 3.63) is 0 Å². The van der Waals surface area contributed by atoms with E-state index in [1.165, 1.54) is 38.5 Å². The summed E-state index contributed by atoms with van der Waals surface area (Å²) < 4.78 is 5.77. The molecule has 7 heteroatoms. The monoisotopic (exact) mass is 513 g/mol. The summed E-state index contributed by atoms with van der Waals surface area (Å²) in [4.78, 5) is 35.7. The van der Waals surface area contributed by atoms with Crippen LogP contribution in [0, 0.1) is 11.8 Å². The van der Waals surface area contributed by atoms with Gasteiger partial charge < -0.3 is 20.3 Å². The number of carbonyl (C=O) groups is 3. The summed E-state index contributed by atoms with van der Waals surface area (Å²) in [5.74, 6) is -2.20. The Balaban J connectivity index is 4.99. The van der Waals surface area contributed by atoms with Crippen molar-refractivity contribution in [2.24, 2.45) is 11.8 Å². The minimum Gasteiger partial charge on any atom is -0.481 e. The van der Waals surface area contributed by atoms with Crippen molar-refractivity contribution in [3.8, 4) is 0 Å². The smallest absolute Gasteiger partial charge is 0.328 e. The molecule has 0 aliphatic carbocycles. The first kappa shape index (κ1) is 34.4. The summed E-state index contributed by atoms with van der Waals surface area (Å²) in [5, 5.41) is 23.0. The lowest BCUT2D eigenvalue weighted by Crippen LogP contribution is -2.41. The number of aliphatic hydroxyl groups is 1. The van der Waals surface area contributed by atoms with Gasteiger partial charge in [0.15, 0.2) is 0 Å². The van der Waals surface area contributed by atoms with E-state index in [0.29, 0.717) is 25.7 Å². The fourth-order valence-electron chi connectivity index (χ4n) is 4.64. The van der Waals surface area contributed by atoms with E-state index in [-0.39, 0.29) is 12.3 Å². The number of nitrogens with one attached hydrogen (secondary N) is 1. The van der Waals surface area contributed by atoms with E-state index in [9.17, 15) is 24.6 Å². The van der Waals surface area contributed by atoms with Crippen LogP contribution in [-0.2, 0) is 19.1 Å². The molecule has 7 nitrogen and oxygen atoms in total. The number of aliphatic hydroxyl groups excluding tert-OH is 1. The Morgan fingerprint density at radius 3 is 1.81 bits per heavy atom. The molecule has 3 N–H and O–H groups in total. The minimum absolute atomic E-state index is 0.100. The normalized spacial score (nSPS) is 14.7. The predicted octanol–water partition coefficient (Wildman–Crippen LogP) is 6.40. The Morgan fingerprint density at radius 2 is 1.31 bits per heavy atom. The second-order valence-corrected chi connectivity index (χ2v) is 10.7. The number of amides is 1. The SMILES string of the molecule is CCCCCCCCCCC[C@H](C[C@@H](O)[C@@H](CCCCCC)C(=O)O)OC(=O)[C@@H](CC(C)C)NC=O. The van der Waals surface area contributed by atoms with Gasteiger partial charge in [0.05, 0.1) is 12.0 Å². The van der Waals surface area contributed by atoms with Crippen molar-refractivity contribution in [1.29, 1.82) is 0 Å². The lowest BCUT2D eigenvalue weighted by Gasteiger charge is -2.26. The first-order valence-corrected chi connectivity index (χ1v) is 14.6. The molecule has 4 atom stereocenters. The van der Waals surface area contributed by atoms with Crippen LogP contribution in [0.2, 0.25) is 0 Å². The predicted molar refractivity (Wildman–Crippen MR) is 145 cm³/mol. The summed E-state index contributed by atoms with van der Waals surface area (Å²) in [6.07, 6.45) is 14.7. The number of carboxylic acid groups (broad SMARTS) is 1. The van der Waals surface area contributed by atoms with Crippen LogP contribution in [-0.4, -0.2) is 46.8 Å². The van der Waals surface area contributed by atoms with Gasteiger partial charge in [-0.15, -0.1) is 0 Å². The molecule has 0 rings (SSSR count). The highest BCUT2D eigenvalue weighted by Gasteiger charge is 2.31. The van der Waals surface area contributed by atoms with E-state index < -0.39 is 36.1 Å². The molecule has 0 aliphatic rings. The molecule has 0 aromatic carbocycles. The van der Waals surface area contributed by atoms with E-state index in [2.05, 4.69) is 19.2 Å². The number of hydrogen-bond donors (Lipinski definition) is 3. The van der Waals surface area contributed by atoms with Gasteiger partial charge >= 0.3 is 11.9 Å². The summed E-state index contributed by atoms with van der Waals surface area (Å²) in [5.41, 5.74) is 0. The molecule has 0 spiro atoms. The molecule has 0 fully saturated rings. The maximum Gasteiger partial charge on any atom is 0.328 e. The van der Waals surface area contributed by atoms with E-state index in [1.54, 1.807) is 0 Å². The van der Waals surface area contributed by atoms with Gasteiger partial charge in [0, 0.05) is 6.42 Å². The van der Waals surface area contributed by atoms with Gasteiger partial charge in [-0.3, -0.25) is 9.59 Å². The first-order chi connectivity index (χ1) is 17.3. The summed E-state index contributed by atoms with van der Waals surface area (Å²) in [6.45, 7) is 8.24. The zero-order valence-corrected chi connectivity index (χ0v) is 23.5. The molecule has 0 bridgehead atoms. The molecule has 0 saturated carbocycles. The van der Waals surface area contributed by atoms with Crippen LogP contribution in [0.1, 0.15) is 137 Å². The van der Waals surface area contributed by atoms with Crippen LogP contribution in [0.3, 0.4) is 0 Å². The summed E-state index contributed by atoms with van der Waals surface area (Å²) >= 11 is 0. The molecular formula is C29H55NO6. The van der Waals surface area contributed by atoms with Crippen molar-refractivity contribution in [3.63, 3.8) is 0 Å². The first-order valence-electron chi connectivity index (χ1n) is 14.6. The fourth-order valence-corrected chi connectivity index (χ4v) is 4.64. The average molecular weight is 514 g/mol. The molecule has 1 amide bonds. The topological polar surface area (TPSA) is 113 Å². The zero-order valence-electron chi connectivity index (χ0n) is 23.5. The van der Waals surface area contributed by atoms with E-state index in [0.717, 1.165) is 44.9 Å². The lowest BCUT2D eigenvalue weighted by molar-refractivity contribution is -0.156. The maximum absolute atomic E-state index is 12.8.